The van der Waals surface area contributed by atoms with E-state index >= 15 is 0 Å². The van der Waals surface area contributed by atoms with Crippen molar-refractivity contribution < 1.29 is 18.0 Å². The van der Waals surface area contributed by atoms with Gasteiger partial charge in [-0.2, -0.15) is 13.2 Å². The van der Waals surface area contributed by atoms with Gasteiger partial charge in [0.25, 0.3) is 0 Å². The van der Waals surface area contributed by atoms with Crippen molar-refractivity contribution in [2.45, 2.75) is 51.2 Å². The molecule has 6 heteroatoms. The molecular weight excluding hydrogens is 233 g/mol. The lowest BCUT2D eigenvalue weighted by Gasteiger charge is -2.32. The normalized spacial score (nSPS) is 18.9. The van der Waals surface area contributed by atoms with Crippen molar-refractivity contribution >= 4 is 5.91 Å². The maximum Gasteiger partial charge on any atom is 0.411 e. The lowest BCUT2D eigenvalue weighted by molar-refractivity contribution is -0.173. The summed E-state index contributed by atoms with van der Waals surface area (Å²) in [5.74, 6) is -0.570. The summed E-state index contributed by atoms with van der Waals surface area (Å²) < 4.78 is 38.1. The molecule has 1 rings (SSSR count). The van der Waals surface area contributed by atoms with E-state index in [1.165, 1.54) is 0 Å². The lowest BCUT2D eigenvalue weighted by atomic mass is 9.81. The number of carbonyl (C=O) groups is 1. The van der Waals surface area contributed by atoms with Gasteiger partial charge in [0.1, 0.15) is 5.54 Å². The first-order chi connectivity index (χ1) is 7.77. The molecule has 3 N–H and O–H groups in total. The molecule has 0 aromatic carbocycles. The smallest absolute Gasteiger partial charge is 0.341 e. The van der Waals surface area contributed by atoms with E-state index in [2.05, 4.69) is 5.32 Å². The summed E-state index contributed by atoms with van der Waals surface area (Å²) in [4.78, 5) is 12.0. The molecule has 3 nitrogen and oxygen atoms in total. The second kappa shape index (κ2) is 4.48. The van der Waals surface area contributed by atoms with Gasteiger partial charge < -0.3 is 11.1 Å². The molecule has 0 spiro atoms. The maximum absolute atomic E-state index is 12.7. The van der Waals surface area contributed by atoms with Crippen molar-refractivity contribution in [1.29, 1.82) is 0 Å². The third-order valence-electron chi connectivity index (χ3n) is 3.87. The standard InChI is InChI=1S/C11H19F3N2O/c1-3-9(4-2,7-15)8(17)16-10(5-6-10)11(12,13)14/h3-7,15H2,1-2H3,(H,16,17). The van der Waals surface area contributed by atoms with Gasteiger partial charge in [-0.25, -0.2) is 0 Å². The van der Waals surface area contributed by atoms with Crippen LogP contribution in [-0.2, 0) is 4.79 Å². The van der Waals surface area contributed by atoms with Gasteiger partial charge in [0, 0.05) is 6.54 Å². The molecule has 0 aromatic heterocycles. The van der Waals surface area contributed by atoms with Crippen LogP contribution in [0.3, 0.4) is 0 Å². The molecule has 0 saturated heterocycles. The zero-order chi connectivity index (χ0) is 13.3. The Morgan fingerprint density at radius 1 is 1.29 bits per heavy atom. The average Bonchev–Trinajstić information content (AvgIpc) is 3.01. The SMILES string of the molecule is CCC(CC)(CN)C(=O)NC1(C(F)(F)F)CC1. The topological polar surface area (TPSA) is 55.1 Å². The van der Waals surface area contributed by atoms with Crippen molar-refractivity contribution in [3.05, 3.63) is 0 Å². The molecule has 1 fully saturated rings. The van der Waals surface area contributed by atoms with Gasteiger partial charge >= 0.3 is 6.18 Å². The Kier molecular flexibility index (Phi) is 3.76. The number of nitrogens with two attached hydrogens (primary N) is 1. The highest BCUT2D eigenvalue weighted by Gasteiger charge is 2.65. The fourth-order valence-electron chi connectivity index (χ4n) is 1.91. The van der Waals surface area contributed by atoms with E-state index in [-0.39, 0.29) is 19.4 Å². The van der Waals surface area contributed by atoms with Crippen LogP contribution in [0.4, 0.5) is 13.2 Å². The Hall–Kier alpha value is -0.780. The minimum atomic E-state index is -4.37. The lowest BCUT2D eigenvalue weighted by Crippen LogP contribution is -2.54. The Morgan fingerprint density at radius 3 is 2.00 bits per heavy atom. The molecule has 17 heavy (non-hydrogen) atoms. The summed E-state index contributed by atoms with van der Waals surface area (Å²) in [5.41, 5.74) is 2.67. The van der Waals surface area contributed by atoms with Crippen molar-refractivity contribution in [3.8, 4) is 0 Å². The number of nitrogens with one attached hydrogen (secondary N) is 1. The zero-order valence-corrected chi connectivity index (χ0v) is 10.2. The number of hydrogen-bond donors (Lipinski definition) is 2. The van der Waals surface area contributed by atoms with Gasteiger partial charge in [0.15, 0.2) is 0 Å². The van der Waals surface area contributed by atoms with Crippen LogP contribution in [0.15, 0.2) is 0 Å². The number of hydrogen-bond acceptors (Lipinski definition) is 2. The molecule has 0 atom stereocenters. The van der Waals surface area contributed by atoms with Gasteiger partial charge in [-0.1, -0.05) is 13.8 Å². The number of amides is 1. The fraction of sp³-hybridized carbons (Fsp3) is 0.909. The van der Waals surface area contributed by atoms with E-state index in [0.717, 1.165) is 0 Å². The number of alkyl halides is 3. The van der Waals surface area contributed by atoms with Crippen LogP contribution in [0.2, 0.25) is 0 Å². The summed E-state index contributed by atoms with van der Waals surface area (Å²) in [6.07, 6.45) is -3.54. The first-order valence-electron chi connectivity index (χ1n) is 5.86. The third kappa shape index (κ3) is 2.41. The first-order valence-corrected chi connectivity index (χ1v) is 5.86. The van der Waals surface area contributed by atoms with E-state index < -0.39 is 23.0 Å². The Balaban J connectivity index is 2.79. The van der Waals surface area contributed by atoms with Gasteiger partial charge in [-0.15, -0.1) is 0 Å². The number of carbonyl (C=O) groups excluding carboxylic acids is 1. The van der Waals surface area contributed by atoms with E-state index in [1.807, 2.05) is 0 Å². The number of halogens is 3. The van der Waals surface area contributed by atoms with Crippen LogP contribution in [-0.4, -0.2) is 24.2 Å². The third-order valence-corrected chi connectivity index (χ3v) is 3.87. The highest BCUT2D eigenvalue weighted by atomic mass is 19.4. The largest absolute Gasteiger partial charge is 0.411 e. The average molecular weight is 252 g/mol. The van der Waals surface area contributed by atoms with Gasteiger partial charge in [0.2, 0.25) is 5.91 Å². The van der Waals surface area contributed by atoms with Crippen molar-refractivity contribution in [1.82, 2.24) is 5.32 Å². The predicted octanol–water partition coefficient (Wildman–Crippen LogP) is 1.96. The molecule has 0 heterocycles. The molecular formula is C11H19F3N2O. The molecule has 1 aliphatic carbocycles. The van der Waals surface area contributed by atoms with Crippen LogP contribution < -0.4 is 11.1 Å². The van der Waals surface area contributed by atoms with Crippen LogP contribution in [0, 0.1) is 5.41 Å². The van der Waals surface area contributed by atoms with E-state index in [0.29, 0.717) is 12.8 Å². The van der Waals surface area contributed by atoms with Gasteiger partial charge in [-0.05, 0) is 25.7 Å². The predicted molar refractivity (Wildman–Crippen MR) is 58.2 cm³/mol. The molecule has 1 amide bonds. The highest BCUT2D eigenvalue weighted by Crippen LogP contribution is 2.49. The van der Waals surface area contributed by atoms with Crippen molar-refractivity contribution in [3.63, 3.8) is 0 Å². The van der Waals surface area contributed by atoms with Gasteiger partial charge in [0.05, 0.1) is 5.41 Å². The van der Waals surface area contributed by atoms with E-state index in [1.54, 1.807) is 13.8 Å². The summed E-state index contributed by atoms with van der Waals surface area (Å²) in [6, 6.07) is 0. The van der Waals surface area contributed by atoms with Crippen LogP contribution >= 0.6 is 0 Å². The number of rotatable bonds is 5. The molecule has 100 valence electrons. The minimum Gasteiger partial charge on any atom is -0.341 e. The Bertz CT molecular complexity index is 285. The summed E-state index contributed by atoms with van der Waals surface area (Å²) >= 11 is 0. The second-order valence-corrected chi connectivity index (χ2v) is 4.73. The fourth-order valence-corrected chi connectivity index (χ4v) is 1.91. The molecule has 1 saturated carbocycles. The van der Waals surface area contributed by atoms with Crippen molar-refractivity contribution in [2.75, 3.05) is 6.54 Å². The molecule has 0 bridgehead atoms. The van der Waals surface area contributed by atoms with E-state index in [9.17, 15) is 18.0 Å². The van der Waals surface area contributed by atoms with Crippen LogP contribution in [0.25, 0.3) is 0 Å². The summed E-state index contributed by atoms with van der Waals surface area (Å²) in [6.45, 7) is 3.60. The quantitative estimate of drug-likeness (QED) is 0.786. The molecule has 0 aliphatic heterocycles. The second-order valence-electron chi connectivity index (χ2n) is 4.73. The van der Waals surface area contributed by atoms with E-state index in [4.69, 9.17) is 5.73 Å². The summed E-state index contributed by atoms with van der Waals surface area (Å²) in [5, 5.41) is 2.16. The maximum atomic E-state index is 12.7. The van der Waals surface area contributed by atoms with Gasteiger partial charge in [-0.3, -0.25) is 4.79 Å². The summed E-state index contributed by atoms with van der Waals surface area (Å²) in [7, 11) is 0. The Labute approximate surface area is 98.9 Å². The molecule has 0 unspecified atom stereocenters. The Morgan fingerprint density at radius 2 is 1.76 bits per heavy atom. The van der Waals surface area contributed by atoms with Crippen molar-refractivity contribution in [2.24, 2.45) is 11.1 Å². The highest BCUT2D eigenvalue weighted by molar-refractivity contribution is 5.84. The van der Waals surface area contributed by atoms with Crippen LogP contribution in [0.1, 0.15) is 39.5 Å². The first kappa shape index (κ1) is 14.3. The monoisotopic (exact) mass is 252 g/mol. The van der Waals surface area contributed by atoms with Crippen LogP contribution in [0.5, 0.6) is 0 Å². The zero-order valence-electron chi connectivity index (χ0n) is 10.2. The molecule has 0 aromatic rings. The molecule has 1 aliphatic rings. The molecule has 0 radical (unpaired) electrons. The minimum absolute atomic E-state index is 0.0314.